The molecule has 0 amide bonds. The van der Waals surface area contributed by atoms with Gasteiger partial charge in [-0.3, -0.25) is 0 Å². The monoisotopic (exact) mass is 1750 g/mol. The van der Waals surface area contributed by atoms with E-state index in [1.165, 1.54) is 100 Å². The van der Waals surface area contributed by atoms with Gasteiger partial charge in [0.1, 0.15) is 22.3 Å². The Morgan fingerprint density at radius 1 is 0.117 bits per heavy atom. The van der Waals surface area contributed by atoms with Crippen LogP contribution in [0.4, 0.5) is 51.2 Å². The van der Waals surface area contributed by atoms with Crippen molar-refractivity contribution in [2.24, 2.45) is 0 Å². The molecule has 0 aliphatic rings. The lowest BCUT2D eigenvalue weighted by Gasteiger charge is -2.29. The summed E-state index contributed by atoms with van der Waals surface area (Å²) < 4.78 is 12.8. The molecule has 0 N–H and O–H groups in total. The summed E-state index contributed by atoms with van der Waals surface area (Å²) in [5, 5.41) is 4.53. The highest BCUT2D eigenvalue weighted by atomic mass is 16.3. The van der Waals surface area contributed by atoms with Crippen molar-refractivity contribution in [3.8, 4) is 122 Å². The number of fused-ring (bicyclic) bond motifs is 6. The van der Waals surface area contributed by atoms with Gasteiger partial charge in [-0.25, -0.2) is 0 Å². The molecule has 648 valence electrons. The van der Waals surface area contributed by atoms with Gasteiger partial charge in [0.05, 0.1) is 11.4 Å². The Balaban J connectivity index is 0.000000120. The lowest BCUT2D eigenvalue weighted by molar-refractivity contribution is 0.669. The Bertz CT molecular complexity index is 7870. The van der Waals surface area contributed by atoms with Crippen LogP contribution in [0.25, 0.3) is 166 Å². The van der Waals surface area contributed by atoms with Gasteiger partial charge in [0.25, 0.3) is 0 Å². The van der Waals surface area contributed by atoms with Crippen LogP contribution in [0, 0.1) is 0 Å². The molecular weight excluding hydrogens is 1660 g/mol. The van der Waals surface area contributed by atoms with E-state index in [0.717, 1.165) is 117 Å². The van der Waals surface area contributed by atoms with Crippen molar-refractivity contribution in [3.63, 3.8) is 0 Å². The van der Waals surface area contributed by atoms with Crippen molar-refractivity contribution >= 4 is 95.1 Å². The normalized spacial score (nSPS) is 11.1. The van der Waals surface area contributed by atoms with Gasteiger partial charge < -0.3 is 23.5 Å². The van der Waals surface area contributed by atoms with Crippen LogP contribution in [0.5, 0.6) is 0 Å². The van der Waals surface area contributed by atoms with Crippen molar-refractivity contribution < 1.29 is 8.83 Å². The van der Waals surface area contributed by atoms with Gasteiger partial charge in [-0.05, 0) is 209 Å². The van der Waals surface area contributed by atoms with Crippen molar-refractivity contribution in [2.45, 2.75) is 0 Å². The van der Waals surface area contributed by atoms with Crippen LogP contribution in [0.2, 0.25) is 0 Å². The SMILES string of the molecule is c1ccc(-c2ccc(-c3ccccc3N(c3ccc(-c4ccccc4)cc3)c3ccc(-c4ccccc4)cc3)cc2)cc1.c1ccc(-c2ccc(N(c3ccc(-c4cccc5c4oc4ccccc45)cc3)c3ccc(-c4cccc5c4oc4ccccc45)cc3)cc2)cc1.c1ccc(-c2ccc(N(c3ccc(-c4ccccc4)cc3)c3cc(-c4ccccc4)ccc3-c3ccccc3)cc2)cc1. The third-order valence-electron chi connectivity index (χ3n) is 25.7. The van der Waals surface area contributed by atoms with Crippen molar-refractivity contribution in [3.05, 3.63) is 564 Å². The number of rotatable bonds is 20. The number of anilines is 9. The molecule has 22 aromatic carbocycles. The van der Waals surface area contributed by atoms with E-state index < -0.39 is 0 Å². The molecular formula is C132H93N3O2. The number of hydrogen-bond donors (Lipinski definition) is 0. The summed E-state index contributed by atoms with van der Waals surface area (Å²) in [5.41, 5.74) is 39.5. The van der Waals surface area contributed by atoms with Crippen molar-refractivity contribution in [1.82, 2.24) is 0 Å². The molecule has 0 unspecified atom stereocenters. The van der Waals surface area contributed by atoms with Crippen LogP contribution in [0.15, 0.2) is 573 Å². The average Bonchev–Trinajstić information content (AvgIpc) is 1.45. The third kappa shape index (κ3) is 18.1. The topological polar surface area (TPSA) is 36.0 Å². The molecule has 5 nitrogen and oxygen atoms in total. The third-order valence-corrected chi connectivity index (χ3v) is 25.7. The Labute approximate surface area is 799 Å². The molecule has 5 heteroatoms. The molecule has 0 fully saturated rings. The van der Waals surface area contributed by atoms with E-state index in [1.807, 2.05) is 24.3 Å². The Hall–Kier alpha value is -18.2. The van der Waals surface area contributed by atoms with Crippen LogP contribution in [0.3, 0.4) is 0 Å². The van der Waals surface area contributed by atoms with Crippen LogP contribution < -0.4 is 14.7 Å². The molecule has 0 aliphatic heterocycles. The van der Waals surface area contributed by atoms with E-state index in [0.29, 0.717) is 0 Å². The van der Waals surface area contributed by atoms with Gasteiger partial charge >= 0.3 is 0 Å². The number of hydrogen-bond acceptors (Lipinski definition) is 5. The molecule has 24 rings (SSSR count). The van der Waals surface area contributed by atoms with E-state index in [2.05, 4.69) is 555 Å². The molecule has 137 heavy (non-hydrogen) atoms. The molecule has 2 heterocycles. The summed E-state index contributed by atoms with van der Waals surface area (Å²) >= 11 is 0. The van der Waals surface area contributed by atoms with E-state index >= 15 is 0 Å². The number of nitrogens with zero attached hydrogens (tertiary/aromatic N) is 3. The highest BCUT2D eigenvalue weighted by molar-refractivity contribution is 6.11. The first-order chi connectivity index (χ1) is 67.9. The lowest BCUT2D eigenvalue weighted by Crippen LogP contribution is -2.11. The molecule has 0 saturated heterocycles. The van der Waals surface area contributed by atoms with Gasteiger partial charge in [0, 0.05) is 83.6 Å². The number of para-hydroxylation sites is 5. The molecule has 0 saturated carbocycles. The molecule has 0 aliphatic carbocycles. The lowest BCUT2D eigenvalue weighted by atomic mass is 9.96. The minimum atomic E-state index is 0.904. The minimum Gasteiger partial charge on any atom is -0.455 e. The summed E-state index contributed by atoms with van der Waals surface area (Å²) in [6.07, 6.45) is 0. The maximum Gasteiger partial charge on any atom is 0.143 e. The molecule has 0 bridgehead atoms. The predicted molar refractivity (Wildman–Crippen MR) is 578 cm³/mol. The van der Waals surface area contributed by atoms with Crippen molar-refractivity contribution in [2.75, 3.05) is 14.7 Å². The predicted octanol–water partition coefficient (Wildman–Crippen LogP) is 37.6. The van der Waals surface area contributed by atoms with E-state index in [1.54, 1.807) is 0 Å². The Morgan fingerprint density at radius 2 is 0.314 bits per heavy atom. The molecule has 0 radical (unpaired) electrons. The zero-order valence-electron chi connectivity index (χ0n) is 75.4. The Kier molecular flexibility index (Phi) is 24.1. The van der Waals surface area contributed by atoms with Crippen LogP contribution in [0.1, 0.15) is 0 Å². The fourth-order valence-corrected chi connectivity index (χ4v) is 18.8. The summed E-state index contributed by atoms with van der Waals surface area (Å²) in [6.45, 7) is 0. The van der Waals surface area contributed by atoms with Gasteiger partial charge in [-0.2, -0.15) is 0 Å². The first-order valence-electron chi connectivity index (χ1n) is 46.6. The number of furan rings is 2. The van der Waals surface area contributed by atoms with Crippen molar-refractivity contribution in [1.29, 1.82) is 0 Å². The molecule has 2 aromatic heterocycles. The first-order valence-corrected chi connectivity index (χ1v) is 46.6. The van der Waals surface area contributed by atoms with Gasteiger partial charge in [-0.1, -0.05) is 455 Å². The first kappa shape index (κ1) is 84.4. The van der Waals surface area contributed by atoms with Crippen LogP contribution in [-0.2, 0) is 0 Å². The van der Waals surface area contributed by atoms with E-state index in [4.69, 9.17) is 8.83 Å². The summed E-state index contributed by atoms with van der Waals surface area (Å²) in [5.74, 6) is 0. The molecule has 0 atom stereocenters. The molecule has 0 spiro atoms. The fraction of sp³-hybridized carbons (Fsp3) is 0. The smallest absolute Gasteiger partial charge is 0.143 e. The zero-order chi connectivity index (χ0) is 91.4. The molecule has 24 aromatic rings. The van der Waals surface area contributed by atoms with Crippen LogP contribution >= 0.6 is 0 Å². The number of benzene rings is 22. The van der Waals surface area contributed by atoms with E-state index in [-0.39, 0.29) is 0 Å². The van der Waals surface area contributed by atoms with Gasteiger partial charge in [0.2, 0.25) is 0 Å². The minimum absolute atomic E-state index is 0.904. The van der Waals surface area contributed by atoms with Gasteiger partial charge in [-0.15, -0.1) is 0 Å². The summed E-state index contributed by atoms with van der Waals surface area (Å²) in [4.78, 5) is 7.06. The largest absolute Gasteiger partial charge is 0.455 e. The maximum absolute atomic E-state index is 6.38. The fourth-order valence-electron chi connectivity index (χ4n) is 18.8. The summed E-state index contributed by atoms with van der Waals surface area (Å²) in [7, 11) is 0. The second-order valence-electron chi connectivity index (χ2n) is 34.1. The Morgan fingerprint density at radius 3 is 0.642 bits per heavy atom. The summed E-state index contributed by atoms with van der Waals surface area (Å²) in [6, 6.07) is 200. The van der Waals surface area contributed by atoms with E-state index in [9.17, 15) is 0 Å². The second-order valence-corrected chi connectivity index (χ2v) is 34.1. The standard InChI is InChI=1S/C48H31NO2.2C42H31N/c1-2-10-32(11-3-1)33-20-26-36(27-21-33)49(37-28-22-34(23-29-37)39-14-8-16-43-41-12-4-6-18-45(41)50-47(39)43)38-30-24-35(25-31-38)40-15-9-17-44-42-13-5-7-19-46(42)51-48(40)44;1-5-13-32(14-6-1)35-21-26-39(27-22-35)43(40-28-23-36(24-29-40)33-15-7-2-8-16-33)42-31-38(34-17-9-3-10-18-34)25-30-41(42)37-19-11-4-12-20-37;1-4-12-32(13-5-1)35-20-22-38(23-21-35)41-18-10-11-19-42(41)43(39-28-24-36(25-29-39)33-14-6-2-7-15-33)40-30-26-37(27-31-40)34-16-8-3-9-17-34/h1-31H;2*1-31H. The van der Waals surface area contributed by atoms with Gasteiger partial charge in [0.15, 0.2) is 0 Å². The highest BCUT2D eigenvalue weighted by Gasteiger charge is 2.24. The average molecular weight is 1750 g/mol. The second kappa shape index (κ2) is 39.1. The highest BCUT2D eigenvalue weighted by Crippen LogP contribution is 2.48. The van der Waals surface area contributed by atoms with Crippen LogP contribution in [-0.4, -0.2) is 0 Å². The maximum atomic E-state index is 6.38. The zero-order valence-corrected chi connectivity index (χ0v) is 75.4. The quantitative estimate of drug-likeness (QED) is 0.0760.